The third-order valence-electron chi connectivity index (χ3n) is 3.21. The van der Waals surface area contributed by atoms with Crippen LogP contribution in [-0.2, 0) is 4.79 Å². The molecule has 0 aromatic rings. The number of ketones is 1. The Morgan fingerprint density at radius 3 is 2.67 bits per heavy atom. The zero-order valence-corrected chi connectivity index (χ0v) is 8.00. The van der Waals surface area contributed by atoms with E-state index in [4.69, 9.17) is 0 Å². The van der Waals surface area contributed by atoms with E-state index in [9.17, 15) is 4.79 Å². The van der Waals surface area contributed by atoms with Crippen molar-refractivity contribution in [1.82, 2.24) is 0 Å². The van der Waals surface area contributed by atoms with E-state index in [-0.39, 0.29) is 11.3 Å². The number of rotatable bonds is 0. The minimum Gasteiger partial charge on any atom is -0.299 e. The van der Waals surface area contributed by atoms with Gasteiger partial charge in [-0.1, -0.05) is 32.9 Å². The molecule has 0 N–H and O–H groups in total. The number of Topliss-reactive ketones (excluding diaryl/α,β-unsaturated/α-hetero) is 1. The van der Waals surface area contributed by atoms with Gasteiger partial charge in [-0.25, -0.2) is 0 Å². The molecule has 0 aliphatic heterocycles. The number of carbonyl (C=O) groups is 1. The Labute approximate surface area is 73.8 Å². The van der Waals surface area contributed by atoms with Gasteiger partial charge >= 0.3 is 0 Å². The first-order valence-corrected chi connectivity index (χ1v) is 4.72. The van der Waals surface area contributed by atoms with E-state index in [2.05, 4.69) is 32.9 Å². The van der Waals surface area contributed by atoms with Crippen LogP contribution in [0.25, 0.3) is 0 Å². The minimum absolute atomic E-state index is 0.171. The van der Waals surface area contributed by atoms with Crippen molar-refractivity contribution < 1.29 is 4.79 Å². The fourth-order valence-electron chi connectivity index (χ4n) is 2.69. The molecule has 1 saturated carbocycles. The van der Waals surface area contributed by atoms with E-state index in [0.717, 1.165) is 6.42 Å². The lowest BCUT2D eigenvalue weighted by Crippen LogP contribution is -2.50. The van der Waals surface area contributed by atoms with Gasteiger partial charge in [-0.2, -0.15) is 0 Å². The largest absolute Gasteiger partial charge is 0.299 e. The lowest BCUT2D eigenvalue weighted by atomic mass is 9.56. The van der Waals surface area contributed by atoms with E-state index in [0.29, 0.717) is 17.6 Å². The molecule has 12 heavy (non-hydrogen) atoms. The van der Waals surface area contributed by atoms with Crippen LogP contribution in [0.5, 0.6) is 0 Å². The van der Waals surface area contributed by atoms with Crippen molar-refractivity contribution in [3.05, 3.63) is 12.2 Å². The van der Waals surface area contributed by atoms with E-state index in [1.807, 2.05) is 0 Å². The maximum Gasteiger partial charge on any atom is 0.143 e. The molecule has 0 bridgehead atoms. The summed E-state index contributed by atoms with van der Waals surface area (Å²) in [6.45, 7) is 6.51. The Morgan fingerprint density at radius 2 is 2.08 bits per heavy atom. The normalized spacial score (nSPS) is 39.6. The van der Waals surface area contributed by atoms with E-state index < -0.39 is 0 Å². The second-order valence-electron chi connectivity index (χ2n) is 5.10. The van der Waals surface area contributed by atoms with Gasteiger partial charge in [0.15, 0.2) is 0 Å². The summed E-state index contributed by atoms with van der Waals surface area (Å²) in [7, 11) is 0. The highest BCUT2D eigenvalue weighted by molar-refractivity contribution is 5.93. The SMILES string of the molecule is CC(C)(C)C1C(=O)C2C=CCC21. The fourth-order valence-corrected chi connectivity index (χ4v) is 2.69. The Morgan fingerprint density at radius 1 is 1.42 bits per heavy atom. The molecular weight excluding hydrogens is 148 g/mol. The van der Waals surface area contributed by atoms with Crippen LogP contribution < -0.4 is 0 Å². The molecule has 2 aliphatic rings. The van der Waals surface area contributed by atoms with Gasteiger partial charge in [-0.05, 0) is 17.8 Å². The Bertz CT molecular complexity index is 244. The van der Waals surface area contributed by atoms with E-state index >= 15 is 0 Å². The molecule has 2 rings (SSSR count). The molecule has 0 amide bonds. The van der Waals surface area contributed by atoms with Gasteiger partial charge in [-0.3, -0.25) is 4.79 Å². The first-order chi connectivity index (χ1) is 5.52. The van der Waals surface area contributed by atoms with Crippen molar-refractivity contribution in [2.24, 2.45) is 23.2 Å². The Hall–Kier alpha value is -0.590. The van der Waals surface area contributed by atoms with Crippen LogP contribution in [0.3, 0.4) is 0 Å². The highest BCUT2D eigenvalue weighted by Crippen LogP contribution is 2.51. The van der Waals surface area contributed by atoms with Crippen molar-refractivity contribution in [3.8, 4) is 0 Å². The highest BCUT2D eigenvalue weighted by atomic mass is 16.1. The fraction of sp³-hybridized carbons (Fsp3) is 0.727. The molecule has 2 aliphatic carbocycles. The van der Waals surface area contributed by atoms with Crippen LogP contribution in [0.1, 0.15) is 27.2 Å². The summed E-state index contributed by atoms with van der Waals surface area (Å²) >= 11 is 0. The summed E-state index contributed by atoms with van der Waals surface area (Å²) in [5, 5.41) is 0. The smallest absolute Gasteiger partial charge is 0.143 e. The number of hydrogen-bond donors (Lipinski definition) is 0. The third kappa shape index (κ3) is 0.886. The van der Waals surface area contributed by atoms with E-state index in [1.165, 1.54) is 0 Å². The monoisotopic (exact) mass is 164 g/mol. The molecule has 0 saturated heterocycles. The van der Waals surface area contributed by atoms with Crippen LogP contribution in [0.4, 0.5) is 0 Å². The minimum atomic E-state index is 0.171. The lowest BCUT2D eigenvalue weighted by molar-refractivity contribution is -0.145. The predicted molar refractivity (Wildman–Crippen MR) is 48.7 cm³/mol. The molecule has 3 atom stereocenters. The molecule has 0 spiro atoms. The van der Waals surface area contributed by atoms with Crippen LogP contribution in [0.2, 0.25) is 0 Å². The van der Waals surface area contributed by atoms with Gasteiger partial charge in [0.1, 0.15) is 5.78 Å². The molecule has 0 heterocycles. The van der Waals surface area contributed by atoms with Gasteiger partial charge in [0, 0.05) is 11.8 Å². The number of carbonyl (C=O) groups excluding carboxylic acids is 1. The summed E-state index contributed by atoms with van der Waals surface area (Å²) in [6.07, 6.45) is 5.38. The highest BCUT2D eigenvalue weighted by Gasteiger charge is 2.53. The topological polar surface area (TPSA) is 17.1 Å². The number of allylic oxidation sites excluding steroid dienone is 2. The molecule has 0 radical (unpaired) electrons. The number of fused-ring (bicyclic) bond motifs is 1. The lowest BCUT2D eigenvalue weighted by Gasteiger charge is -2.46. The Balaban J connectivity index is 2.18. The number of hydrogen-bond acceptors (Lipinski definition) is 1. The molecular formula is C11H16O. The molecule has 1 fully saturated rings. The van der Waals surface area contributed by atoms with Crippen molar-refractivity contribution in [2.45, 2.75) is 27.2 Å². The van der Waals surface area contributed by atoms with Gasteiger partial charge in [0.05, 0.1) is 0 Å². The first-order valence-electron chi connectivity index (χ1n) is 4.72. The average Bonchev–Trinajstić information content (AvgIpc) is 2.27. The zero-order chi connectivity index (χ0) is 8.93. The van der Waals surface area contributed by atoms with Crippen molar-refractivity contribution in [2.75, 3.05) is 0 Å². The Kier molecular flexibility index (Phi) is 1.48. The summed E-state index contributed by atoms with van der Waals surface area (Å²) in [6, 6.07) is 0. The van der Waals surface area contributed by atoms with Crippen molar-refractivity contribution in [1.29, 1.82) is 0 Å². The maximum atomic E-state index is 11.6. The standard InChI is InChI=1S/C11H16O/c1-11(2,3)9-7-5-4-6-8(7)10(9)12/h4,6-9H,5H2,1-3H3. The average molecular weight is 164 g/mol. The van der Waals surface area contributed by atoms with Gasteiger partial charge in [0.25, 0.3) is 0 Å². The van der Waals surface area contributed by atoms with Crippen molar-refractivity contribution >= 4 is 5.78 Å². The van der Waals surface area contributed by atoms with Crippen LogP contribution in [0, 0.1) is 23.2 Å². The van der Waals surface area contributed by atoms with Gasteiger partial charge in [0.2, 0.25) is 0 Å². The van der Waals surface area contributed by atoms with Crippen LogP contribution >= 0.6 is 0 Å². The molecule has 0 aromatic carbocycles. The molecule has 1 heteroatoms. The predicted octanol–water partition coefficient (Wildman–Crippen LogP) is 2.42. The molecule has 1 nitrogen and oxygen atoms in total. The molecule has 66 valence electrons. The van der Waals surface area contributed by atoms with Crippen LogP contribution in [-0.4, -0.2) is 5.78 Å². The second-order valence-corrected chi connectivity index (χ2v) is 5.10. The second kappa shape index (κ2) is 2.21. The van der Waals surface area contributed by atoms with E-state index in [1.54, 1.807) is 0 Å². The quantitative estimate of drug-likeness (QED) is 0.502. The zero-order valence-electron chi connectivity index (χ0n) is 8.00. The summed E-state index contributed by atoms with van der Waals surface area (Å²) in [4.78, 5) is 11.6. The summed E-state index contributed by atoms with van der Waals surface area (Å²) in [5.41, 5.74) is 0.171. The summed E-state index contributed by atoms with van der Waals surface area (Å²) < 4.78 is 0. The third-order valence-corrected chi connectivity index (χ3v) is 3.21. The molecule has 0 aromatic heterocycles. The summed E-state index contributed by atoms with van der Waals surface area (Å²) in [5.74, 6) is 1.71. The van der Waals surface area contributed by atoms with Crippen LogP contribution in [0.15, 0.2) is 12.2 Å². The van der Waals surface area contributed by atoms with Crippen molar-refractivity contribution in [3.63, 3.8) is 0 Å². The molecule has 3 unspecified atom stereocenters. The van der Waals surface area contributed by atoms with Gasteiger partial charge in [-0.15, -0.1) is 0 Å². The van der Waals surface area contributed by atoms with Gasteiger partial charge < -0.3 is 0 Å². The first kappa shape index (κ1) is 8.03. The maximum absolute atomic E-state index is 11.6.